The Hall–Kier alpha value is -1.98. The highest BCUT2D eigenvalue weighted by Crippen LogP contribution is 2.32. The third-order valence-electron chi connectivity index (χ3n) is 6.78. The van der Waals surface area contributed by atoms with Gasteiger partial charge in [-0.3, -0.25) is 14.7 Å². The number of fused-ring (bicyclic) bond motifs is 1. The van der Waals surface area contributed by atoms with Crippen molar-refractivity contribution < 1.29 is 4.79 Å². The Labute approximate surface area is 168 Å². The molecule has 2 saturated heterocycles. The third kappa shape index (κ3) is 3.31. The summed E-state index contributed by atoms with van der Waals surface area (Å²) in [5.41, 5.74) is 5.19. The van der Waals surface area contributed by atoms with Crippen LogP contribution in [-0.2, 0) is 0 Å². The minimum absolute atomic E-state index is 0.155. The number of benzene rings is 1. The van der Waals surface area contributed by atoms with E-state index in [9.17, 15) is 4.79 Å². The van der Waals surface area contributed by atoms with Crippen molar-refractivity contribution in [2.24, 2.45) is 0 Å². The lowest BCUT2D eigenvalue weighted by atomic mass is 9.83. The first kappa shape index (κ1) is 19.3. The zero-order valence-electron chi connectivity index (χ0n) is 17.9. The zero-order chi connectivity index (χ0) is 20.1. The van der Waals surface area contributed by atoms with Gasteiger partial charge in [0.05, 0.1) is 11.1 Å². The second-order valence-corrected chi connectivity index (χ2v) is 8.97. The van der Waals surface area contributed by atoms with Crippen LogP contribution in [0.1, 0.15) is 40.0 Å². The Balaban J connectivity index is 1.61. The fourth-order valence-corrected chi connectivity index (χ4v) is 5.08. The molecule has 0 saturated carbocycles. The maximum Gasteiger partial charge on any atom is 0.254 e. The maximum absolute atomic E-state index is 13.5. The van der Waals surface area contributed by atoms with Crippen molar-refractivity contribution >= 4 is 16.8 Å². The van der Waals surface area contributed by atoms with Crippen LogP contribution >= 0.6 is 0 Å². The molecular weight excluding hydrogens is 348 g/mol. The van der Waals surface area contributed by atoms with Gasteiger partial charge in [-0.15, -0.1) is 0 Å². The molecule has 2 aliphatic heterocycles. The SMILES string of the molecule is Cc1cc(C)c2nc(C)cc(C(=O)N3CCC4(CC3)CN(C)CCN4C)c2c1. The van der Waals surface area contributed by atoms with Gasteiger partial charge in [0.15, 0.2) is 0 Å². The molecule has 0 unspecified atom stereocenters. The van der Waals surface area contributed by atoms with E-state index in [0.29, 0.717) is 0 Å². The van der Waals surface area contributed by atoms with Crippen molar-refractivity contribution in [1.82, 2.24) is 19.7 Å². The summed E-state index contributed by atoms with van der Waals surface area (Å²) in [5.74, 6) is 0.155. The molecule has 1 aromatic carbocycles. The highest BCUT2D eigenvalue weighted by Gasteiger charge is 2.42. The second kappa shape index (κ2) is 7.12. The first-order valence-electron chi connectivity index (χ1n) is 10.4. The molecule has 0 atom stereocenters. The topological polar surface area (TPSA) is 39.7 Å². The van der Waals surface area contributed by atoms with E-state index in [1.54, 1.807) is 0 Å². The van der Waals surface area contributed by atoms with Crippen molar-refractivity contribution in [3.05, 3.63) is 40.6 Å². The average Bonchev–Trinajstić information content (AvgIpc) is 2.65. The van der Waals surface area contributed by atoms with Crippen molar-refractivity contribution in [1.29, 1.82) is 0 Å². The molecule has 1 amide bonds. The molecule has 4 rings (SSSR count). The van der Waals surface area contributed by atoms with Crippen LogP contribution in [0.3, 0.4) is 0 Å². The highest BCUT2D eigenvalue weighted by molar-refractivity contribution is 6.07. The first-order chi connectivity index (χ1) is 13.3. The van der Waals surface area contributed by atoms with Gasteiger partial charge in [-0.1, -0.05) is 11.6 Å². The number of amides is 1. The third-order valence-corrected chi connectivity index (χ3v) is 6.78. The van der Waals surface area contributed by atoms with Gasteiger partial charge in [0.1, 0.15) is 0 Å². The quantitative estimate of drug-likeness (QED) is 0.762. The fraction of sp³-hybridized carbons (Fsp3) is 0.565. The molecule has 0 bridgehead atoms. The number of rotatable bonds is 1. The summed E-state index contributed by atoms with van der Waals surface area (Å²) < 4.78 is 0. The van der Waals surface area contributed by atoms with Crippen molar-refractivity contribution in [3.63, 3.8) is 0 Å². The molecule has 1 spiro atoms. The van der Waals surface area contributed by atoms with Gasteiger partial charge in [-0.05, 0) is 65.4 Å². The number of likely N-dealkylation sites (tertiary alicyclic amines) is 1. The number of hydrogen-bond acceptors (Lipinski definition) is 4. The van der Waals surface area contributed by atoms with Gasteiger partial charge in [-0.2, -0.15) is 0 Å². The van der Waals surface area contributed by atoms with Gasteiger partial charge in [0, 0.05) is 49.3 Å². The van der Waals surface area contributed by atoms with E-state index >= 15 is 0 Å². The fourth-order valence-electron chi connectivity index (χ4n) is 5.08. The van der Waals surface area contributed by atoms with Crippen LogP contribution in [0.5, 0.6) is 0 Å². The molecule has 2 fully saturated rings. The lowest BCUT2D eigenvalue weighted by molar-refractivity contribution is -0.0157. The monoisotopic (exact) mass is 380 g/mol. The predicted molar refractivity (Wildman–Crippen MR) is 114 cm³/mol. The van der Waals surface area contributed by atoms with Crippen LogP contribution in [0.15, 0.2) is 18.2 Å². The summed E-state index contributed by atoms with van der Waals surface area (Å²) in [6.45, 7) is 11.1. The van der Waals surface area contributed by atoms with Crippen LogP contribution < -0.4 is 0 Å². The summed E-state index contributed by atoms with van der Waals surface area (Å²) in [7, 11) is 4.46. The lowest BCUT2D eigenvalue weighted by Crippen LogP contribution is -2.64. The minimum Gasteiger partial charge on any atom is -0.338 e. The molecule has 3 heterocycles. The van der Waals surface area contributed by atoms with Gasteiger partial charge in [0.25, 0.3) is 5.91 Å². The van der Waals surface area contributed by atoms with Crippen LogP contribution in [0.25, 0.3) is 10.9 Å². The Bertz CT molecular complexity index is 914. The number of pyridine rings is 1. The van der Waals surface area contributed by atoms with E-state index < -0.39 is 0 Å². The molecule has 150 valence electrons. The average molecular weight is 381 g/mol. The normalized spacial score (nSPS) is 20.8. The van der Waals surface area contributed by atoms with Crippen LogP contribution in [0, 0.1) is 20.8 Å². The summed E-state index contributed by atoms with van der Waals surface area (Å²) in [6.07, 6.45) is 2.08. The molecule has 1 aromatic heterocycles. The number of carbonyl (C=O) groups is 1. The summed E-state index contributed by atoms with van der Waals surface area (Å²) in [6, 6.07) is 6.22. The predicted octanol–water partition coefficient (Wildman–Crippen LogP) is 3.01. The van der Waals surface area contributed by atoms with Crippen LogP contribution in [0.2, 0.25) is 0 Å². The number of carbonyl (C=O) groups excluding carboxylic acids is 1. The zero-order valence-corrected chi connectivity index (χ0v) is 17.9. The number of likely N-dealkylation sites (N-methyl/N-ethyl adjacent to an activating group) is 2. The van der Waals surface area contributed by atoms with Crippen molar-refractivity contribution in [2.45, 2.75) is 39.2 Å². The Morgan fingerprint density at radius 3 is 2.43 bits per heavy atom. The lowest BCUT2D eigenvalue weighted by Gasteiger charge is -2.52. The molecule has 5 nitrogen and oxygen atoms in total. The molecule has 2 aliphatic rings. The van der Waals surface area contributed by atoms with Gasteiger partial charge in [-0.25, -0.2) is 0 Å². The number of nitrogens with zero attached hydrogens (tertiary/aromatic N) is 4. The molecule has 0 aliphatic carbocycles. The molecule has 28 heavy (non-hydrogen) atoms. The van der Waals surface area contributed by atoms with Crippen LogP contribution in [-0.4, -0.2) is 77.9 Å². The number of hydrogen-bond donors (Lipinski definition) is 0. The molecular formula is C23H32N4O. The first-order valence-corrected chi connectivity index (χ1v) is 10.4. The number of aromatic nitrogens is 1. The minimum atomic E-state index is 0.155. The Kier molecular flexibility index (Phi) is 4.92. The number of piperidine rings is 1. The molecule has 0 radical (unpaired) electrons. The van der Waals surface area contributed by atoms with E-state index in [1.807, 2.05) is 13.0 Å². The maximum atomic E-state index is 13.5. The summed E-state index contributed by atoms with van der Waals surface area (Å²) in [4.78, 5) is 25.2. The van der Waals surface area contributed by atoms with E-state index in [-0.39, 0.29) is 11.4 Å². The molecule has 2 aromatic rings. The largest absolute Gasteiger partial charge is 0.338 e. The van der Waals surface area contributed by atoms with E-state index in [0.717, 1.165) is 73.3 Å². The molecule has 5 heteroatoms. The highest BCUT2D eigenvalue weighted by atomic mass is 16.2. The second-order valence-electron chi connectivity index (χ2n) is 8.97. The Morgan fingerprint density at radius 1 is 1.00 bits per heavy atom. The van der Waals surface area contributed by atoms with Crippen molar-refractivity contribution in [2.75, 3.05) is 46.8 Å². The van der Waals surface area contributed by atoms with E-state index in [4.69, 9.17) is 4.98 Å². The number of piperazine rings is 1. The van der Waals surface area contributed by atoms with E-state index in [1.165, 1.54) is 5.56 Å². The smallest absolute Gasteiger partial charge is 0.254 e. The summed E-state index contributed by atoms with van der Waals surface area (Å²) in [5, 5.41) is 0.989. The molecule has 0 N–H and O–H groups in total. The van der Waals surface area contributed by atoms with Gasteiger partial charge < -0.3 is 9.80 Å². The van der Waals surface area contributed by atoms with Crippen molar-refractivity contribution in [3.8, 4) is 0 Å². The van der Waals surface area contributed by atoms with Gasteiger partial charge in [0.2, 0.25) is 0 Å². The van der Waals surface area contributed by atoms with Crippen LogP contribution in [0.4, 0.5) is 0 Å². The number of aryl methyl sites for hydroxylation is 3. The summed E-state index contributed by atoms with van der Waals surface area (Å²) >= 11 is 0. The standard InChI is InChI=1S/C23H32N4O/c1-16-12-17(2)21-19(13-16)20(14-18(3)24-21)22(28)27-8-6-23(7-9-27)15-25(4)10-11-26(23)5/h12-14H,6-11,15H2,1-5H3. The van der Waals surface area contributed by atoms with E-state index in [2.05, 4.69) is 54.8 Å². The van der Waals surface area contributed by atoms with Gasteiger partial charge >= 0.3 is 0 Å². The Morgan fingerprint density at radius 2 is 1.71 bits per heavy atom.